The number of nitrogens with zero attached hydrogens (tertiary/aromatic N) is 2. The zero-order valence-electron chi connectivity index (χ0n) is 16.6. The van der Waals surface area contributed by atoms with E-state index in [2.05, 4.69) is 15.1 Å². The van der Waals surface area contributed by atoms with Gasteiger partial charge in [0, 0.05) is 24.5 Å². The van der Waals surface area contributed by atoms with E-state index in [1.807, 2.05) is 0 Å². The number of hydrogen-bond acceptors (Lipinski definition) is 5. The van der Waals surface area contributed by atoms with Crippen LogP contribution in [-0.2, 0) is 14.8 Å². The smallest absolute Gasteiger partial charge is 0.269 e. The summed E-state index contributed by atoms with van der Waals surface area (Å²) in [5.41, 5.74) is 7.32. The molecule has 0 aliphatic rings. The van der Waals surface area contributed by atoms with Gasteiger partial charge in [-0.05, 0) is 54.1 Å². The van der Waals surface area contributed by atoms with Crippen molar-refractivity contribution < 1.29 is 18.0 Å². The number of primary amides is 1. The largest absolute Gasteiger partial charge is 0.364 e. The third-order valence-electron chi connectivity index (χ3n) is 4.19. The number of hydrogen-bond donors (Lipinski definition) is 3. The molecule has 0 saturated heterocycles. The Kier molecular flexibility index (Phi) is 6.63. The molecule has 3 aromatic rings. The molecule has 1 aromatic heterocycles. The predicted octanol–water partition coefficient (Wildman–Crippen LogP) is 1.92. The summed E-state index contributed by atoms with van der Waals surface area (Å²) in [5.74, 6) is -0.949. The van der Waals surface area contributed by atoms with Crippen molar-refractivity contribution in [2.45, 2.75) is 11.8 Å². The molecule has 0 bridgehead atoms. The van der Waals surface area contributed by atoms with Crippen LogP contribution in [0.4, 0.5) is 5.69 Å². The molecule has 160 valence electrons. The van der Waals surface area contributed by atoms with E-state index in [0.717, 1.165) is 0 Å². The molecule has 9 nitrogen and oxygen atoms in total. The standard InChI is InChI=1S/C21H21N5O4S/c1-2-23-31(29,30)18-10-3-15(4-11-18)5-12-20(27)24-16-6-8-17(9-7-16)26-14-13-19(25-26)21(22)28/h3-14,23H,2H2,1H3,(H2,22,28)(H,24,27)/b12-5+. The first kappa shape index (κ1) is 21.9. The first-order valence-corrected chi connectivity index (χ1v) is 10.8. The molecular weight excluding hydrogens is 418 g/mol. The number of nitrogens with two attached hydrogens (primary N) is 1. The molecule has 0 aliphatic carbocycles. The summed E-state index contributed by atoms with van der Waals surface area (Å²) in [6.07, 6.45) is 4.56. The van der Waals surface area contributed by atoms with Crippen LogP contribution in [0, 0.1) is 0 Å². The van der Waals surface area contributed by atoms with E-state index in [1.54, 1.807) is 55.6 Å². The number of aromatic nitrogens is 2. The first-order chi connectivity index (χ1) is 14.8. The van der Waals surface area contributed by atoms with Gasteiger partial charge >= 0.3 is 0 Å². The fourth-order valence-corrected chi connectivity index (χ4v) is 3.73. The summed E-state index contributed by atoms with van der Waals surface area (Å²) in [5, 5.41) is 6.80. The van der Waals surface area contributed by atoms with E-state index in [1.165, 1.54) is 29.0 Å². The van der Waals surface area contributed by atoms with Crippen LogP contribution in [-0.4, -0.2) is 36.6 Å². The fraction of sp³-hybridized carbons (Fsp3) is 0.0952. The molecule has 0 spiro atoms. The zero-order chi connectivity index (χ0) is 22.4. The number of amides is 2. The number of sulfonamides is 1. The van der Waals surface area contributed by atoms with Gasteiger partial charge in [0.1, 0.15) is 5.69 Å². The van der Waals surface area contributed by atoms with Crippen LogP contribution < -0.4 is 15.8 Å². The van der Waals surface area contributed by atoms with Crippen molar-refractivity contribution in [3.63, 3.8) is 0 Å². The molecule has 1 heterocycles. The molecule has 31 heavy (non-hydrogen) atoms. The molecule has 4 N–H and O–H groups in total. The summed E-state index contributed by atoms with van der Waals surface area (Å²) in [7, 11) is -3.51. The summed E-state index contributed by atoms with van der Waals surface area (Å²) in [6.45, 7) is 2.01. The van der Waals surface area contributed by atoms with Gasteiger partial charge in [-0.1, -0.05) is 19.1 Å². The summed E-state index contributed by atoms with van der Waals surface area (Å²) >= 11 is 0. The van der Waals surface area contributed by atoms with Crippen LogP contribution in [0.3, 0.4) is 0 Å². The molecule has 0 aliphatic heterocycles. The quantitative estimate of drug-likeness (QED) is 0.461. The molecule has 0 atom stereocenters. The van der Waals surface area contributed by atoms with Crippen LogP contribution >= 0.6 is 0 Å². The molecule has 2 aromatic carbocycles. The Hall–Kier alpha value is -3.76. The van der Waals surface area contributed by atoms with E-state index >= 15 is 0 Å². The number of benzene rings is 2. The van der Waals surface area contributed by atoms with E-state index in [0.29, 0.717) is 23.5 Å². The molecule has 10 heteroatoms. The highest BCUT2D eigenvalue weighted by molar-refractivity contribution is 7.89. The van der Waals surface area contributed by atoms with Crippen LogP contribution in [0.1, 0.15) is 23.0 Å². The second kappa shape index (κ2) is 9.37. The van der Waals surface area contributed by atoms with Crippen molar-refractivity contribution in [2.24, 2.45) is 5.73 Å². The maximum atomic E-state index is 12.2. The van der Waals surface area contributed by atoms with Gasteiger partial charge in [-0.25, -0.2) is 17.8 Å². The van der Waals surface area contributed by atoms with Gasteiger partial charge in [-0.2, -0.15) is 5.10 Å². The lowest BCUT2D eigenvalue weighted by atomic mass is 10.2. The van der Waals surface area contributed by atoms with Gasteiger partial charge in [-0.3, -0.25) is 9.59 Å². The summed E-state index contributed by atoms with van der Waals surface area (Å²) < 4.78 is 27.8. The Balaban J connectivity index is 1.61. The zero-order valence-corrected chi connectivity index (χ0v) is 17.5. The topological polar surface area (TPSA) is 136 Å². The Bertz CT molecular complexity index is 1210. The highest BCUT2D eigenvalue weighted by Crippen LogP contribution is 2.14. The average Bonchev–Trinajstić information content (AvgIpc) is 3.24. The maximum absolute atomic E-state index is 12.2. The van der Waals surface area contributed by atoms with Gasteiger partial charge in [0.05, 0.1) is 10.6 Å². The van der Waals surface area contributed by atoms with Crippen molar-refractivity contribution in [3.05, 3.63) is 78.1 Å². The third kappa shape index (κ3) is 5.65. The van der Waals surface area contributed by atoms with Crippen LogP contribution in [0.2, 0.25) is 0 Å². The second-order valence-corrected chi connectivity index (χ2v) is 8.22. The van der Waals surface area contributed by atoms with Crippen LogP contribution in [0.15, 0.2) is 71.8 Å². The molecule has 0 fully saturated rings. The second-order valence-electron chi connectivity index (χ2n) is 6.45. The van der Waals surface area contributed by atoms with Crippen LogP contribution in [0.25, 0.3) is 11.8 Å². The number of anilines is 1. The van der Waals surface area contributed by atoms with Gasteiger partial charge in [0.15, 0.2) is 0 Å². The lowest BCUT2D eigenvalue weighted by Crippen LogP contribution is -2.22. The Labute approximate surface area is 179 Å². The number of carbonyl (C=O) groups excluding carboxylic acids is 2. The summed E-state index contributed by atoms with van der Waals surface area (Å²) in [6, 6.07) is 14.6. The van der Waals surface area contributed by atoms with E-state index < -0.39 is 15.9 Å². The monoisotopic (exact) mass is 439 g/mol. The van der Waals surface area contributed by atoms with Gasteiger partial charge in [0.25, 0.3) is 5.91 Å². The minimum Gasteiger partial charge on any atom is -0.364 e. The number of carbonyl (C=O) groups is 2. The lowest BCUT2D eigenvalue weighted by molar-refractivity contribution is -0.111. The van der Waals surface area contributed by atoms with Gasteiger partial charge in [0.2, 0.25) is 15.9 Å². The van der Waals surface area contributed by atoms with Crippen molar-refractivity contribution >= 4 is 33.6 Å². The highest BCUT2D eigenvalue weighted by Gasteiger charge is 2.11. The molecular formula is C21H21N5O4S. The SMILES string of the molecule is CCNS(=O)(=O)c1ccc(/C=C/C(=O)Nc2ccc(-n3ccc(C(N)=O)n3)cc2)cc1. The minimum absolute atomic E-state index is 0.162. The van der Waals surface area contributed by atoms with Gasteiger partial charge < -0.3 is 11.1 Å². The number of rotatable bonds is 8. The Morgan fingerprint density at radius 3 is 2.32 bits per heavy atom. The van der Waals surface area contributed by atoms with E-state index in [9.17, 15) is 18.0 Å². The molecule has 0 saturated carbocycles. The van der Waals surface area contributed by atoms with Crippen LogP contribution in [0.5, 0.6) is 0 Å². The molecule has 0 radical (unpaired) electrons. The Morgan fingerprint density at radius 1 is 1.06 bits per heavy atom. The highest BCUT2D eigenvalue weighted by atomic mass is 32.2. The molecule has 3 rings (SSSR count). The third-order valence-corrected chi connectivity index (χ3v) is 5.75. The fourth-order valence-electron chi connectivity index (χ4n) is 2.68. The molecule has 0 unspecified atom stereocenters. The lowest BCUT2D eigenvalue weighted by Gasteiger charge is -2.05. The van der Waals surface area contributed by atoms with Crippen molar-refractivity contribution in [1.82, 2.24) is 14.5 Å². The normalized spacial score (nSPS) is 11.5. The average molecular weight is 439 g/mol. The number of nitrogens with one attached hydrogen (secondary N) is 2. The van der Waals surface area contributed by atoms with Gasteiger partial charge in [-0.15, -0.1) is 0 Å². The maximum Gasteiger partial charge on any atom is 0.269 e. The summed E-state index contributed by atoms with van der Waals surface area (Å²) in [4.78, 5) is 23.5. The van der Waals surface area contributed by atoms with E-state index in [4.69, 9.17) is 5.73 Å². The first-order valence-electron chi connectivity index (χ1n) is 9.33. The van der Waals surface area contributed by atoms with Crippen molar-refractivity contribution in [3.8, 4) is 5.69 Å². The predicted molar refractivity (Wildman–Crippen MR) is 117 cm³/mol. The van der Waals surface area contributed by atoms with Crippen molar-refractivity contribution in [2.75, 3.05) is 11.9 Å². The minimum atomic E-state index is -3.51. The molecule has 2 amide bonds. The van der Waals surface area contributed by atoms with E-state index in [-0.39, 0.29) is 16.5 Å². The Morgan fingerprint density at radius 2 is 1.74 bits per heavy atom. The van der Waals surface area contributed by atoms with Crippen molar-refractivity contribution in [1.29, 1.82) is 0 Å².